The first-order valence-corrected chi connectivity index (χ1v) is 11.1. The summed E-state index contributed by atoms with van der Waals surface area (Å²) in [6, 6.07) is 6.88. The molecule has 0 N–H and O–H groups in total. The molecule has 1 fully saturated rings. The molecule has 1 aromatic heterocycles. The molecule has 1 aliphatic heterocycles. The van der Waals surface area contributed by atoms with E-state index in [1.54, 1.807) is 6.07 Å². The molecule has 3 rings (SSSR count). The molecule has 2 heterocycles. The fourth-order valence-electron chi connectivity index (χ4n) is 3.89. The topological polar surface area (TPSA) is 58.6 Å². The molecule has 1 aliphatic rings. The van der Waals surface area contributed by atoms with E-state index in [2.05, 4.69) is 25.7 Å². The largest absolute Gasteiger partial charge is 0.375 e. The number of aryl methyl sites for hydroxylation is 1. The first kappa shape index (κ1) is 23.1. The molecule has 0 saturated carbocycles. The molecular formula is C24H33FN4O2. The number of nitrogens with zero attached hydrogens (tertiary/aromatic N) is 4. The Balaban J connectivity index is 1.96. The second kappa shape index (κ2) is 10.7. The Morgan fingerprint density at radius 1 is 1.16 bits per heavy atom. The summed E-state index contributed by atoms with van der Waals surface area (Å²) >= 11 is 0. The van der Waals surface area contributed by atoms with E-state index in [1.807, 2.05) is 17.0 Å². The molecule has 7 heteroatoms. The minimum Gasteiger partial charge on any atom is -0.375 e. The van der Waals surface area contributed by atoms with Crippen molar-refractivity contribution in [2.45, 2.75) is 46.0 Å². The quantitative estimate of drug-likeness (QED) is 0.643. The average Bonchev–Trinajstić information content (AvgIpc) is 2.80. The van der Waals surface area contributed by atoms with Gasteiger partial charge in [0.1, 0.15) is 24.1 Å². The van der Waals surface area contributed by atoms with Crippen molar-refractivity contribution in [3.8, 4) is 0 Å². The normalized spacial score (nSPS) is 15.3. The highest BCUT2D eigenvalue weighted by molar-refractivity contribution is 5.77. The molecule has 0 aliphatic carbocycles. The maximum Gasteiger partial charge on any atom is 0.248 e. The number of methoxy groups -OCH3 is 1. The van der Waals surface area contributed by atoms with Crippen molar-refractivity contribution in [1.29, 1.82) is 0 Å². The van der Waals surface area contributed by atoms with E-state index in [0.717, 1.165) is 35.7 Å². The van der Waals surface area contributed by atoms with Gasteiger partial charge in [0.15, 0.2) is 0 Å². The molecule has 1 unspecified atom stereocenters. The van der Waals surface area contributed by atoms with Crippen LogP contribution in [0.2, 0.25) is 0 Å². The van der Waals surface area contributed by atoms with Crippen LogP contribution in [0.5, 0.6) is 0 Å². The zero-order chi connectivity index (χ0) is 22.4. The average molecular weight is 429 g/mol. The number of benzene rings is 1. The second-order valence-electron chi connectivity index (χ2n) is 8.06. The summed E-state index contributed by atoms with van der Waals surface area (Å²) in [5.41, 5.74) is 2.60. The number of hydrogen-bond acceptors (Lipinski definition) is 5. The zero-order valence-corrected chi connectivity index (χ0v) is 19.0. The van der Waals surface area contributed by atoms with Gasteiger partial charge in [-0.25, -0.2) is 14.4 Å². The van der Waals surface area contributed by atoms with Crippen molar-refractivity contribution in [1.82, 2.24) is 14.9 Å². The van der Waals surface area contributed by atoms with E-state index in [4.69, 9.17) is 14.7 Å². The monoisotopic (exact) mass is 428 g/mol. The van der Waals surface area contributed by atoms with Gasteiger partial charge < -0.3 is 14.5 Å². The van der Waals surface area contributed by atoms with Crippen molar-refractivity contribution in [3.05, 3.63) is 52.7 Å². The highest BCUT2D eigenvalue weighted by Gasteiger charge is 2.26. The van der Waals surface area contributed by atoms with Crippen LogP contribution in [0.3, 0.4) is 0 Å². The number of hydrogen-bond donors (Lipinski definition) is 0. The standard InChI is InChI=1S/C24H33FN4O2/c1-5-17(3)23-26-21(6-2)19(15-18-9-7-8-10-20(18)25)24(27-23)29-13-11-28(12-14-29)22(30)16-31-4/h7-10,17H,5-6,11-16H2,1-4H3. The predicted molar refractivity (Wildman–Crippen MR) is 120 cm³/mol. The summed E-state index contributed by atoms with van der Waals surface area (Å²) in [6.45, 7) is 9.04. The molecule has 2 aromatic rings. The lowest BCUT2D eigenvalue weighted by Crippen LogP contribution is -2.50. The van der Waals surface area contributed by atoms with Gasteiger partial charge >= 0.3 is 0 Å². The highest BCUT2D eigenvalue weighted by Crippen LogP contribution is 2.29. The lowest BCUT2D eigenvalue weighted by Gasteiger charge is -2.36. The van der Waals surface area contributed by atoms with Crippen LogP contribution in [0.1, 0.15) is 55.8 Å². The third-order valence-corrected chi connectivity index (χ3v) is 6.00. The summed E-state index contributed by atoms with van der Waals surface area (Å²) in [4.78, 5) is 26.1. The maximum absolute atomic E-state index is 14.4. The Kier molecular flexibility index (Phi) is 7.96. The van der Waals surface area contributed by atoms with E-state index in [-0.39, 0.29) is 24.2 Å². The van der Waals surface area contributed by atoms with E-state index in [0.29, 0.717) is 38.2 Å². The van der Waals surface area contributed by atoms with Gasteiger partial charge in [-0.1, -0.05) is 39.0 Å². The number of halogens is 1. The third-order valence-electron chi connectivity index (χ3n) is 6.00. The summed E-state index contributed by atoms with van der Waals surface area (Å²) in [5, 5.41) is 0. The Hall–Kier alpha value is -2.54. The maximum atomic E-state index is 14.4. The summed E-state index contributed by atoms with van der Waals surface area (Å²) in [6.07, 6.45) is 2.17. The lowest BCUT2D eigenvalue weighted by molar-refractivity contribution is -0.135. The van der Waals surface area contributed by atoms with E-state index in [1.165, 1.54) is 13.2 Å². The van der Waals surface area contributed by atoms with Crippen LogP contribution in [0, 0.1) is 5.82 Å². The summed E-state index contributed by atoms with van der Waals surface area (Å²) in [7, 11) is 1.53. The molecular weight excluding hydrogens is 395 g/mol. The van der Waals surface area contributed by atoms with Gasteiger partial charge in [0, 0.05) is 56.9 Å². The van der Waals surface area contributed by atoms with Gasteiger partial charge in [0.2, 0.25) is 5.91 Å². The molecule has 1 aromatic carbocycles. The highest BCUT2D eigenvalue weighted by atomic mass is 19.1. The number of carbonyl (C=O) groups excluding carboxylic acids is 1. The number of aromatic nitrogens is 2. The molecule has 31 heavy (non-hydrogen) atoms. The van der Waals surface area contributed by atoms with Crippen molar-refractivity contribution < 1.29 is 13.9 Å². The van der Waals surface area contributed by atoms with Crippen LogP contribution in [-0.4, -0.2) is 60.7 Å². The number of ether oxygens (including phenoxy) is 1. The van der Waals surface area contributed by atoms with Gasteiger partial charge in [0.25, 0.3) is 0 Å². The molecule has 1 amide bonds. The number of piperazine rings is 1. The third kappa shape index (κ3) is 5.39. The smallest absolute Gasteiger partial charge is 0.248 e. The first-order valence-electron chi connectivity index (χ1n) is 11.1. The van der Waals surface area contributed by atoms with Gasteiger partial charge in [-0.15, -0.1) is 0 Å². The van der Waals surface area contributed by atoms with Crippen LogP contribution in [0.25, 0.3) is 0 Å². The fourth-order valence-corrected chi connectivity index (χ4v) is 3.89. The Morgan fingerprint density at radius 3 is 2.48 bits per heavy atom. The van der Waals surface area contributed by atoms with Gasteiger partial charge in [-0.05, 0) is 24.5 Å². The van der Waals surface area contributed by atoms with Crippen LogP contribution >= 0.6 is 0 Å². The van der Waals surface area contributed by atoms with Crippen molar-refractivity contribution >= 4 is 11.7 Å². The number of anilines is 1. The predicted octanol–water partition coefficient (Wildman–Crippen LogP) is 3.58. The zero-order valence-electron chi connectivity index (χ0n) is 19.0. The number of amides is 1. The van der Waals surface area contributed by atoms with Gasteiger partial charge in [0.05, 0.1) is 0 Å². The number of carbonyl (C=O) groups is 1. The Labute approximate surface area is 184 Å². The summed E-state index contributed by atoms with van der Waals surface area (Å²) in [5.74, 6) is 1.76. The van der Waals surface area contributed by atoms with E-state index < -0.39 is 0 Å². The molecule has 0 bridgehead atoms. The molecule has 6 nitrogen and oxygen atoms in total. The van der Waals surface area contributed by atoms with Crippen molar-refractivity contribution in [2.75, 3.05) is 44.8 Å². The SMILES string of the molecule is CCc1nc(C(C)CC)nc(N2CCN(C(=O)COC)CC2)c1Cc1ccccc1F. The number of rotatable bonds is 8. The van der Waals surface area contributed by atoms with Crippen LogP contribution in [0.15, 0.2) is 24.3 Å². The van der Waals surface area contributed by atoms with Crippen LogP contribution in [-0.2, 0) is 22.4 Å². The van der Waals surface area contributed by atoms with E-state index in [9.17, 15) is 9.18 Å². The van der Waals surface area contributed by atoms with Gasteiger partial charge in [-0.2, -0.15) is 0 Å². The van der Waals surface area contributed by atoms with Crippen molar-refractivity contribution in [3.63, 3.8) is 0 Å². The van der Waals surface area contributed by atoms with Gasteiger partial charge in [-0.3, -0.25) is 4.79 Å². The van der Waals surface area contributed by atoms with Crippen LogP contribution < -0.4 is 4.90 Å². The summed E-state index contributed by atoms with van der Waals surface area (Å²) < 4.78 is 19.4. The van der Waals surface area contributed by atoms with Crippen molar-refractivity contribution in [2.24, 2.45) is 0 Å². The van der Waals surface area contributed by atoms with E-state index >= 15 is 0 Å². The Bertz CT molecular complexity index is 897. The molecule has 0 radical (unpaired) electrons. The molecule has 1 atom stereocenters. The second-order valence-corrected chi connectivity index (χ2v) is 8.06. The minimum atomic E-state index is -0.212. The Morgan fingerprint density at radius 2 is 1.87 bits per heavy atom. The molecule has 168 valence electrons. The first-order chi connectivity index (χ1) is 15.0. The molecule has 1 saturated heterocycles. The van der Waals surface area contributed by atoms with Crippen LogP contribution in [0.4, 0.5) is 10.2 Å². The fraction of sp³-hybridized carbons (Fsp3) is 0.542. The lowest BCUT2D eigenvalue weighted by atomic mass is 10.00. The minimum absolute atomic E-state index is 0.00552. The molecule has 0 spiro atoms.